The number of ether oxygens (including phenoxy) is 4. The van der Waals surface area contributed by atoms with E-state index in [1.807, 2.05) is 41.5 Å². The summed E-state index contributed by atoms with van der Waals surface area (Å²) in [6, 6.07) is 0. The maximum atomic E-state index is 12.6. The Bertz CT molecular complexity index is 1440. The molecule has 10 aliphatic carbocycles. The van der Waals surface area contributed by atoms with Crippen molar-refractivity contribution in [1.29, 1.82) is 0 Å². The lowest BCUT2D eigenvalue weighted by atomic mass is 9.49. The van der Waals surface area contributed by atoms with Crippen molar-refractivity contribution >= 4 is 23.9 Å². The Morgan fingerprint density at radius 2 is 1.34 bits per heavy atom. The summed E-state index contributed by atoms with van der Waals surface area (Å²) in [6.07, 6.45) is 17.8. The molecule has 0 radical (unpaired) electrons. The summed E-state index contributed by atoms with van der Waals surface area (Å²) < 4.78 is 22.9. The third-order valence-electron chi connectivity index (χ3n) is 17.2. The van der Waals surface area contributed by atoms with Crippen LogP contribution in [0.5, 0.6) is 0 Å². The van der Waals surface area contributed by atoms with Crippen LogP contribution in [0.1, 0.15) is 165 Å². The molecule has 0 aromatic carbocycles. The van der Waals surface area contributed by atoms with Gasteiger partial charge in [0.1, 0.15) is 17.3 Å². The zero-order chi connectivity index (χ0) is 40.4. The molecule has 9 nitrogen and oxygen atoms in total. The van der Waals surface area contributed by atoms with Crippen LogP contribution in [0.2, 0.25) is 0 Å². The first-order chi connectivity index (χ1) is 26.5. The first-order valence-electron chi connectivity index (χ1n) is 23.0. The number of carbonyl (C=O) groups excluding carboxylic acids is 4. The average Bonchev–Trinajstić information content (AvgIpc) is 3.84. The van der Waals surface area contributed by atoms with Crippen LogP contribution in [0.25, 0.3) is 0 Å². The fourth-order valence-corrected chi connectivity index (χ4v) is 13.9. The number of fused-ring (bicyclic) bond motifs is 5. The van der Waals surface area contributed by atoms with E-state index >= 15 is 0 Å². The number of esters is 4. The molecule has 9 unspecified atom stereocenters. The summed E-state index contributed by atoms with van der Waals surface area (Å²) in [7, 11) is 0. The van der Waals surface area contributed by atoms with E-state index in [0.717, 1.165) is 76.0 Å². The highest BCUT2D eigenvalue weighted by atomic mass is 16.6. The molecule has 11 fully saturated rings. The molecule has 10 bridgehead atoms. The fraction of sp³-hybridized carbons (Fsp3) is 0.915. The lowest BCUT2D eigenvalue weighted by Gasteiger charge is -2.60. The zero-order valence-corrected chi connectivity index (χ0v) is 35.9. The first-order valence-corrected chi connectivity index (χ1v) is 23.0. The van der Waals surface area contributed by atoms with Crippen molar-refractivity contribution in [2.45, 2.75) is 187 Å². The maximum Gasteiger partial charge on any atom is 0.312 e. The van der Waals surface area contributed by atoms with Crippen molar-refractivity contribution in [2.24, 2.45) is 76.4 Å². The number of carbonyl (C=O) groups is 4. The monoisotopic (exact) mass is 783 g/mol. The van der Waals surface area contributed by atoms with Crippen molar-refractivity contribution in [1.82, 2.24) is 0 Å². The Morgan fingerprint density at radius 1 is 0.768 bits per heavy atom. The Kier molecular flexibility index (Phi) is 11.8. The summed E-state index contributed by atoms with van der Waals surface area (Å²) in [5.41, 5.74) is -1.34. The van der Waals surface area contributed by atoms with Gasteiger partial charge in [-0.1, -0.05) is 41.5 Å². The van der Waals surface area contributed by atoms with Crippen LogP contribution in [0.3, 0.4) is 0 Å². The molecule has 1 N–H and O–H groups in total. The van der Waals surface area contributed by atoms with E-state index in [1.54, 1.807) is 0 Å². The first kappa shape index (κ1) is 42.0. The molecule has 0 amide bonds. The number of rotatable bonds is 10. The van der Waals surface area contributed by atoms with E-state index in [0.29, 0.717) is 54.5 Å². The smallest absolute Gasteiger partial charge is 0.312 e. The SMILES string of the molecule is CCC(C)(C)C(=O)OC1(CC)C2CC3CC(C2)CC1C3.CCC(C)C(=O)OC12CC3CC(CC(O)(C3)C1)C2.CCC(C)C(=O)OC1CC2CC1C1COC(=O)C21. The van der Waals surface area contributed by atoms with E-state index in [-0.39, 0.29) is 64.4 Å². The van der Waals surface area contributed by atoms with Gasteiger partial charge in [-0.25, -0.2) is 0 Å². The van der Waals surface area contributed by atoms with Crippen LogP contribution in [-0.2, 0) is 38.1 Å². The normalized spacial score (nSPS) is 44.1. The largest absolute Gasteiger partial charge is 0.465 e. The molecule has 9 atom stereocenters. The predicted molar refractivity (Wildman–Crippen MR) is 212 cm³/mol. The van der Waals surface area contributed by atoms with Crippen LogP contribution in [0, 0.1) is 76.4 Å². The maximum absolute atomic E-state index is 12.6. The fourth-order valence-electron chi connectivity index (χ4n) is 13.9. The van der Waals surface area contributed by atoms with Gasteiger partial charge in [0.2, 0.25) is 0 Å². The quantitative estimate of drug-likeness (QED) is 0.171. The van der Waals surface area contributed by atoms with Gasteiger partial charge < -0.3 is 24.1 Å². The van der Waals surface area contributed by atoms with Crippen molar-refractivity contribution in [3.63, 3.8) is 0 Å². The standard InChI is InChI=1S/C18H30O2.C15H24O3.C14H20O4/c1-5-17(3,4)16(19)20-18(6-2)14-8-12-7-13(10-14)11-15(18)9-12;1-3-10(2)13(16)18-15-7-11-4-12(8-15)6-14(17,5-11)9-15;1-3-7(2)13(15)18-11-5-8-4-9(11)10-6-17-14(16)12(8)10/h12-15H,5-11H2,1-4H3;10-12,17H,3-9H2,1-2H3;7-12H,3-6H2,1-2H3. The minimum atomic E-state index is -0.542. The van der Waals surface area contributed by atoms with Crippen molar-refractivity contribution in [3.8, 4) is 0 Å². The second-order valence-corrected chi connectivity index (χ2v) is 21.3. The molecule has 0 aromatic heterocycles. The van der Waals surface area contributed by atoms with Gasteiger partial charge in [0.15, 0.2) is 0 Å². The summed E-state index contributed by atoms with van der Waals surface area (Å²) in [4.78, 5) is 48.1. The molecule has 1 aliphatic heterocycles. The average molecular weight is 783 g/mol. The molecule has 9 heteroatoms. The lowest BCUT2D eigenvalue weighted by molar-refractivity contribution is -0.222. The highest BCUT2D eigenvalue weighted by Crippen LogP contribution is 2.62. The Morgan fingerprint density at radius 3 is 1.88 bits per heavy atom. The van der Waals surface area contributed by atoms with Crippen LogP contribution in [0.4, 0.5) is 0 Å². The number of cyclic esters (lactones) is 1. The van der Waals surface area contributed by atoms with Gasteiger partial charge in [0, 0.05) is 18.3 Å². The molecule has 10 saturated carbocycles. The van der Waals surface area contributed by atoms with E-state index in [4.69, 9.17) is 18.9 Å². The van der Waals surface area contributed by atoms with E-state index in [1.165, 1.54) is 38.5 Å². The third-order valence-corrected chi connectivity index (χ3v) is 17.2. The van der Waals surface area contributed by atoms with Gasteiger partial charge >= 0.3 is 23.9 Å². The van der Waals surface area contributed by atoms with Crippen molar-refractivity contribution in [3.05, 3.63) is 0 Å². The predicted octanol–water partition coefficient (Wildman–Crippen LogP) is 9.00. The van der Waals surface area contributed by atoms with Gasteiger partial charge in [-0.05, 0) is 158 Å². The molecule has 316 valence electrons. The van der Waals surface area contributed by atoms with Gasteiger partial charge in [-0.15, -0.1) is 0 Å². The molecule has 1 heterocycles. The summed E-state index contributed by atoms with van der Waals surface area (Å²) >= 11 is 0. The number of hydrogen-bond acceptors (Lipinski definition) is 9. The molecular formula is C47H74O9. The van der Waals surface area contributed by atoms with E-state index < -0.39 is 5.60 Å². The molecule has 1 saturated heterocycles. The zero-order valence-electron chi connectivity index (χ0n) is 35.9. The second kappa shape index (κ2) is 15.8. The van der Waals surface area contributed by atoms with Crippen LogP contribution >= 0.6 is 0 Å². The van der Waals surface area contributed by atoms with Crippen molar-refractivity contribution < 1.29 is 43.2 Å². The second-order valence-electron chi connectivity index (χ2n) is 21.3. The van der Waals surface area contributed by atoms with Gasteiger partial charge in [-0.2, -0.15) is 0 Å². The van der Waals surface area contributed by atoms with Crippen LogP contribution in [-0.4, -0.2) is 58.5 Å². The summed E-state index contributed by atoms with van der Waals surface area (Å²) in [5.74, 6) is 5.19. The molecule has 0 spiro atoms. The van der Waals surface area contributed by atoms with Crippen molar-refractivity contribution in [2.75, 3.05) is 6.61 Å². The minimum Gasteiger partial charge on any atom is -0.465 e. The molecule has 0 aromatic rings. The topological polar surface area (TPSA) is 125 Å². The number of hydrogen-bond donors (Lipinski definition) is 1. The van der Waals surface area contributed by atoms with Crippen LogP contribution in [0.15, 0.2) is 0 Å². The van der Waals surface area contributed by atoms with Gasteiger partial charge in [-0.3, -0.25) is 19.2 Å². The third kappa shape index (κ3) is 7.83. The highest BCUT2D eigenvalue weighted by Gasteiger charge is 2.62. The minimum absolute atomic E-state index is 0.0206. The van der Waals surface area contributed by atoms with E-state index in [9.17, 15) is 24.3 Å². The van der Waals surface area contributed by atoms with E-state index in [2.05, 4.69) is 13.8 Å². The molecule has 56 heavy (non-hydrogen) atoms. The summed E-state index contributed by atoms with van der Waals surface area (Å²) in [6.45, 7) is 16.7. The molecule has 11 rings (SSSR count). The summed E-state index contributed by atoms with van der Waals surface area (Å²) in [5, 5.41) is 10.6. The van der Waals surface area contributed by atoms with Gasteiger partial charge in [0.05, 0.1) is 35.4 Å². The Labute approximate surface area is 336 Å². The highest BCUT2D eigenvalue weighted by molar-refractivity contribution is 5.77. The lowest BCUT2D eigenvalue weighted by Crippen LogP contribution is -2.60. The Hall–Kier alpha value is -2.16. The van der Waals surface area contributed by atoms with Crippen LogP contribution < -0.4 is 0 Å². The molecule has 11 aliphatic rings. The number of aliphatic hydroxyl groups is 1. The Balaban J connectivity index is 0.000000129. The van der Waals surface area contributed by atoms with Gasteiger partial charge in [0.25, 0.3) is 0 Å². The molecular weight excluding hydrogens is 709 g/mol.